The molecule has 1 saturated heterocycles. The molecule has 4 rings (SSSR count). The highest BCUT2D eigenvalue weighted by Crippen LogP contribution is 2.40. The van der Waals surface area contributed by atoms with Gasteiger partial charge in [-0.3, -0.25) is 9.23 Å². The SMILES string of the molecule is C[C@H](COCCOC[C@H](C)n1cc(-c2nn(C3CCCCO3)c3ccc(O[Si](C)(C)C(C)(C)C)cc23)cn1)CS(=O)(=O)O. The average molecular weight is 637 g/mol. The minimum atomic E-state index is -4.00. The lowest BCUT2D eigenvalue weighted by Gasteiger charge is -2.36. The van der Waals surface area contributed by atoms with Gasteiger partial charge < -0.3 is 18.6 Å². The van der Waals surface area contributed by atoms with Gasteiger partial charge in [-0.25, -0.2) is 4.68 Å². The molecule has 0 aliphatic carbocycles. The molecule has 240 valence electrons. The zero-order valence-electron chi connectivity index (χ0n) is 26.6. The molecule has 3 heterocycles. The number of aromatic nitrogens is 4. The molecule has 1 aliphatic heterocycles. The van der Waals surface area contributed by atoms with E-state index in [1.54, 1.807) is 6.92 Å². The predicted molar refractivity (Wildman–Crippen MR) is 170 cm³/mol. The fraction of sp³-hybridized carbons (Fsp3) is 0.667. The molecule has 1 N–H and O–H groups in total. The summed E-state index contributed by atoms with van der Waals surface area (Å²) in [6.07, 6.45) is 6.84. The van der Waals surface area contributed by atoms with Crippen molar-refractivity contribution in [2.75, 3.05) is 38.8 Å². The second kappa shape index (κ2) is 13.8. The molecule has 3 aromatic rings. The molecule has 13 heteroatoms. The maximum atomic E-state index is 11.0. The van der Waals surface area contributed by atoms with Crippen molar-refractivity contribution in [1.82, 2.24) is 19.6 Å². The number of rotatable bonds is 14. The molecule has 0 saturated carbocycles. The molecule has 1 fully saturated rings. The van der Waals surface area contributed by atoms with Crippen molar-refractivity contribution in [3.63, 3.8) is 0 Å². The van der Waals surface area contributed by atoms with E-state index < -0.39 is 18.4 Å². The fourth-order valence-electron chi connectivity index (χ4n) is 4.82. The van der Waals surface area contributed by atoms with Crippen LogP contribution in [0.15, 0.2) is 30.6 Å². The van der Waals surface area contributed by atoms with Crippen LogP contribution in [-0.4, -0.2) is 79.6 Å². The first-order chi connectivity index (χ1) is 20.1. The Morgan fingerprint density at radius 1 is 1.14 bits per heavy atom. The third-order valence-corrected chi connectivity index (χ3v) is 13.6. The van der Waals surface area contributed by atoms with Crippen molar-refractivity contribution >= 4 is 29.3 Å². The highest BCUT2D eigenvalue weighted by atomic mass is 32.2. The summed E-state index contributed by atoms with van der Waals surface area (Å²) in [6, 6.07) is 6.23. The Kier molecular flexibility index (Phi) is 10.8. The molecular formula is C30H48N4O7SSi. The van der Waals surface area contributed by atoms with Crippen LogP contribution < -0.4 is 4.43 Å². The van der Waals surface area contributed by atoms with Gasteiger partial charge in [-0.1, -0.05) is 27.7 Å². The van der Waals surface area contributed by atoms with Gasteiger partial charge in [0.25, 0.3) is 10.1 Å². The van der Waals surface area contributed by atoms with Crippen LogP contribution in [0.4, 0.5) is 0 Å². The van der Waals surface area contributed by atoms with Crippen LogP contribution in [0.1, 0.15) is 66.2 Å². The molecule has 3 atom stereocenters. The largest absolute Gasteiger partial charge is 0.543 e. The zero-order valence-corrected chi connectivity index (χ0v) is 28.4. The number of nitrogens with zero attached hydrogens (tertiary/aromatic N) is 4. The lowest BCUT2D eigenvalue weighted by molar-refractivity contribution is -0.0365. The van der Waals surface area contributed by atoms with E-state index in [1.165, 1.54) is 0 Å². The van der Waals surface area contributed by atoms with Gasteiger partial charge in [0.15, 0.2) is 6.23 Å². The standard InChI is InChI=1S/C30H48N4O7SSi/c1-22(21-42(35,36)37)19-38-14-15-39-20-23(2)33-18-24(17-31-33)29-26-16-25(41-43(6,7)30(3,4)5)11-12-27(26)34(32-29)28-10-8-9-13-40-28/h11-12,16-18,22-23,28H,8-10,13-15,19-21H2,1-7H3,(H,35,36,37)/t22-,23+,28?/m1/s1. The summed E-state index contributed by atoms with van der Waals surface area (Å²) < 4.78 is 58.8. The third kappa shape index (κ3) is 8.89. The molecule has 11 nitrogen and oxygen atoms in total. The molecule has 0 radical (unpaired) electrons. The third-order valence-electron chi connectivity index (χ3n) is 8.24. The molecule has 0 amide bonds. The fourth-order valence-corrected chi connectivity index (χ4v) is 6.66. The van der Waals surface area contributed by atoms with Gasteiger partial charge in [-0.15, -0.1) is 0 Å². The maximum absolute atomic E-state index is 11.0. The van der Waals surface area contributed by atoms with Crippen molar-refractivity contribution in [2.24, 2.45) is 5.92 Å². The smallest absolute Gasteiger partial charge is 0.265 e. The number of hydrogen-bond acceptors (Lipinski definition) is 8. The van der Waals surface area contributed by atoms with Gasteiger partial charge in [0.2, 0.25) is 8.32 Å². The molecule has 1 aromatic carbocycles. The summed E-state index contributed by atoms with van der Waals surface area (Å²) in [7, 11) is -6.03. The van der Waals surface area contributed by atoms with Crippen molar-refractivity contribution in [2.45, 2.75) is 84.3 Å². The molecule has 2 aromatic heterocycles. The Morgan fingerprint density at radius 2 is 1.86 bits per heavy atom. The topological polar surface area (TPSA) is 127 Å². The van der Waals surface area contributed by atoms with E-state index in [0.717, 1.165) is 53.8 Å². The minimum Gasteiger partial charge on any atom is -0.543 e. The first-order valence-electron chi connectivity index (χ1n) is 15.1. The Hall–Kier alpha value is -2.29. The number of fused-ring (bicyclic) bond motifs is 1. The van der Waals surface area contributed by atoms with Crippen molar-refractivity contribution < 1.29 is 31.6 Å². The summed E-state index contributed by atoms with van der Waals surface area (Å²) in [5.74, 6) is 0.238. The normalized spacial score (nSPS) is 18.2. The number of benzene rings is 1. The monoisotopic (exact) mass is 636 g/mol. The molecule has 1 unspecified atom stereocenters. The van der Waals surface area contributed by atoms with E-state index in [4.69, 9.17) is 28.3 Å². The molecule has 0 bridgehead atoms. The van der Waals surface area contributed by atoms with Gasteiger partial charge in [0.1, 0.15) is 11.4 Å². The van der Waals surface area contributed by atoms with Crippen LogP contribution >= 0.6 is 0 Å². The van der Waals surface area contributed by atoms with Crippen LogP contribution in [0.3, 0.4) is 0 Å². The summed E-state index contributed by atoms with van der Waals surface area (Å²) in [6.45, 7) is 17.1. The molecular weight excluding hydrogens is 589 g/mol. The summed E-state index contributed by atoms with van der Waals surface area (Å²) >= 11 is 0. The second-order valence-electron chi connectivity index (χ2n) is 13.2. The predicted octanol–water partition coefficient (Wildman–Crippen LogP) is 6.10. The number of ether oxygens (including phenoxy) is 3. The van der Waals surface area contributed by atoms with Crippen LogP contribution in [0, 0.1) is 5.92 Å². The quantitative estimate of drug-likeness (QED) is 0.127. The second-order valence-corrected chi connectivity index (χ2v) is 19.4. The van der Waals surface area contributed by atoms with Gasteiger partial charge in [0, 0.05) is 23.8 Å². The average Bonchev–Trinajstić information content (AvgIpc) is 3.54. The first kappa shape index (κ1) is 33.6. The number of hydrogen-bond donors (Lipinski definition) is 1. The van der Waals surface area contributed by atoms with E-state index in [2.05, 4.69) is 57.2 Å². The minimum absolute atomic E-state index is 0.0280. The van der Waals surface area contributed by atoms with Gasteiger partial charge in [-0.2, -0.15) is 18.6 Å². The van der Waals surface area contributed by atoms with Crippen molar-refractivity contribution in [1.29, 1.82) is 0 Å². The van der Waals surface area contributed by atoms with E-state index >= 15 is 0 Å². The molecule has 43 heavy (non-hydrogen) atoms. The van der Waals surface area contributed by atoms with Crippen LogP contribution in [0.2, 0.25) is 18.1 Å². The zero-order chi connectivity index (χ0) is 31.4. The highest BCUT2D eigenvalue weighted by Gasteiger charge is 2.39. The van der Waals surface area contributed by atoms with Crippen LogP contribution in [0.25, 0.3) is 22.2 Å². The van der Waals surface area contributed by atoms with E-state index in [-0.39, 0.29) is 35.6 Å². The van der Waals surface area contributed by atoms with Crippen molar-refractivity contribution in [3.05, 3.63) is 30.6 Å². The lowest BCUT2D eigenvalue weighted by Crippen LogP contribution is -2.43. The highest BCUT2D eigenvalue weighted by molar-refractivity contribution is 7.85. The Balaban J connectivity index is 1.47. The van der Waals surface area contributed by atoms with Crippen molar-refractivity contribution in [3.8, 4) is 17.0 Å². The van der Waals surface area contributed by atoms with Gasteiger partial charge >= 0.3 is 0 Å². The van der Waals surface area contributed by atoms with E-state index in [1.807, 2.05) is 28.7 Å². The van der Waals surface area contributed by atoms with Crippen LogP contribution in [-0.2, 0) is 24.3 Å². The Labute approximate surface area is 256 Å². The summed E-state index contributed by atoms with van der Waals surface area (Å²) in [5.41, 5.74) is 2.77. The Morgan fingerprint density at radius 3 is 2.51 bits per heavy atom. The summed E-state index contributed by atoms with van der Waals surface area (Å²) in [4.78, 5) is 0. The van der Waals surface area contributed by atoms with Crippen LogP contribution in [0.5, 0.6) is 5.75 Å². The summed E-state index contributed by atoms with van der Waals surface area (Å²) in [5, 5.41) is 10.8. The molecule has 1 aliphatic rings. The van der Waals surface area contributed by atoms with E-state index in [0.29, 0.717) is 19.8 Å². The first-order valence-corrected chi connectivity index (χ1v) is 19.6. The van der Waals surface area contributed by atoms with Gasteiger partial charge in [0.05, 0.1) is 49.9 Å². The Bertz CT molecular complexity index is 1460. The lowest BCUT2D eigenvalue weighted by atomic mass is 10.1. The van der Waals surface area contributed by atoms with Gasteiger partial charge in [-0.05, 0) is 68.4 Å². The maximum Gasteiger partial charge on any atom is 0.265 e. The molecule has 0 spiro atoms. The van der Waals surface area contributed by atoms with E-state index in [9.17, 15) is 8.42 Å².